The van der Waals surface area contributed by atoms with Gasteiger partial charge in [-0.05, 0) is 42.0 Å². The summed E-state index contributed by atoms with van der Waals surface area (Å²) in [7, 11) is -4.11. The molecule has 0 unspecified atom stereocenters. The maximum Gasteiger partial charge on any atom is 0.218 e. The number of nitrogens with zero attached hydrogens (tertiary/aromatic N) is 1. The van der Waals surface area contributed by atoms with Crippen LogP contribution < -0.4 is 0 Å². The lowest BCUT2D eigenvalue weighted by Gasteiger charge is -2.06. The van der Waals surface area contributed by atoms with Crippen LogP contribution in [0.15, 0.2) is 52.3 Å². The van der Waals surface area contributed by atoms with Gasteiger partial charge in [0.2, 0.25) is 9.84 Å². The monoisotopic (exact) mass is 353 g/mol. The second-order valence-electron chi connectivity index (χ2n) is 4.29. The van der Waals surface area contributed by atoms with Gasteiger partial charge in [0.15, 0.2) is 0 Å². The van der Waals surface area contributed by atoms with E-state index in [1.807, 2.05) is 0 Å². The molecule has 0 heterocycles. The molecule has 2 rings (SSSR count). The zero-order valence-corrected chi connectivity index (χ0v) is 13.3. The Morgan fingerprint density at radius 3 is 2.55 bits per heavy atom. The summed E-state index contributed by atoms with van der Waals surface area (Å²) in [6.45, 7) is 0. The molecule has 112 valence electrons. The number of phenols is 1. The summed E-state index contributed by atoms with van der Waals surface area (Å²) in [4.78, 5) is -0.739. The molecule has 0 aromatic heterocycles. The zero-order valence-electron chi connectivity index (χ0n) is 11.0. The highest BCUT2D eigenvalue weighted by Crippen LogP contribution is 2.30. The van der Waals surface area contributed by atoms with E-state index in [-0.39, 0.29) is 20.7 Å². The number of phenolic OH excluding ortho intramolecular Hbond substituents is 1. The Kier molecular flexibility index (Phi) is 4.77. The van der Waals surface area contributed by atoms with E-state index in [0.717, 1.165) is 6.08 Å². The van der Waals surface area contributed by atoms with Crippen molar-refractivity contribution in [3.8, 4) is 11.8 Å². The first-order valence-corrected chi connectivity index (χ1v) is 8.19. The maximum atomic E-state index is 12.5. The van der Waals surface area contributed by atoms with Crippen LogP contribution in [0.5, 0.6) is 5.75 Å². The summed E-state index contributed by atoms with van der Waals surface area (Å²) in [6, 6.07) is 11.5. The molecule has 0 fully saturated rings. The van der Waals surface area contributed by atoms with E-state index in [9.17, 15) is 18.8 Å². The molecule has 22 heavy (non-hydrogen) atoms. The predicted molar refractivity (Wildman–Crippen MR) is 85.3 cm³/mol. The van der Waals surface area contributed by atoms with Gasteiger partial charge in [0.25, 0.3) is 0 Å². The Morgan fingerprint density at radius 1 is 1.18 bits per heavy atom. The number of nitriles is 1. The van der Waals surface area contributed by atoms with Crippen LogP contribution >= 0.6 is 23.2 Å². The van der Waals surface area contributed by atoms with E-state index in [2.05, 4.69) is 0 Å². The molecule has 0 saturated heterocycles. The molecule has 1 N–H and O–H groups in total. The fourth-order valence-electron chi connectivity index (χ4n) is 1.74. The highest BCUT2D eigenvalue weighted by atomic mass is 35.5. The normalized spacial score (nSPS) is 12.0. The van der Waals surface area contributed by atoms with Crippen molar-refractivity contribution in [2.24, 2.45) is 0 Å². The SMILES string of the molecule is N#C/C(=C\c1cccc(O)c1)S(=O)(=O)c1cc(Cl)ccc1Cl. The first-order chi connectivity index (χ1) is 10.3. The van der Waals surface area contributed by atoms with E-state index < -0.39 is 14.7 Å². The molecular formula is C15H9Cl2NO3S. The van der Waals surface area contributed by atoms with Crippen molar-refractivity contribution in [3.05, 3.63) is 63.0 Å². The minimum atomic E-state index is -4.11. The summed E-state index contributed by atoms with van der Waals surface area (Å²) >= 11 is 11.7. The van der Waals surface area contributed by atoms with Gasteiger partial charge in [0, 0.05) is 5.02 Å². The molecule has 0 spiro atoms. The summed E-state index contributed by atoms with van der Waals surface area (Å²) in [5.74, 6) is -0.0378. The lowest BCUT2D eigenvalue weighted by Crippen LogP contribution is -2.04. The topological polar surface area (TPSA) is 78.2 Å². The van der Waals surface area contributed by atoms with Crippen LogP contribution in [0.25, 0.3) is 6.08 Å². The summed E-state index contributed by atoms with van der Waals surface area (Å²) in [5, 5.41) is 18.7. The largest absolute Gasteiger partial charge is 0.508 e. The number of hydrogen-bond donors (Lipinski definition) is 1. The van der Waals surface area contributed by atoms with E-state index >= 15 is 0 Å². The Balaban J connectivity index is 2.60. The van der Waals surface area contributed by atoms with Crippen LogP contribution in [0.3, 0.4) is 0 Å². The number of halogens is 2. The molecule has 0 atom stereocenters. The van der Waals surface area contributed by atoms with Crippen molar-refractivity contribution in [1.82, 2.24) is 0 Å². The maximum absolute atomic E-state index is 12.5. The van der Waals surface area contributed by atoms with Crippen molar-refractivity contribution in [3.63, 3.8) is 0 Å². The molecular weight excluding hydrogens is 345 g/mol. The van der Waals surface area contributed by atoms with Gasteiger partial charge < -0.3 is 5.11 Å². The van der Waals surface area contributed by atoms with Crippen LogP contribution in [-0.4, -0.2) is 13.5 Å². The molecule has 0 bridgehead atoms. The Morgan fingerprint density at radius 2 is 1.91 bits per heavy atom. The van der Waals surface area contributed by atoms with Crippen LogP contribution in [0, 0.1) is 11.3 Å². The van der Waals surface area contributed by atoms with Crippen LogP contribution in [0.1, 0.15) is 5.56 Å². The fraction of sp³-hybridized carbons (Fsp3) is 0. The second kappa shape index (κ2) is 6.41. The van der Waals surface area contributed by atoms with Gasteiger partial charge in [-0.1, -0.05) is 35.3 Å². The van der Waals surface area contributed by atoms with Crippen LogP contribution in [0.2, 0.25) is 10.0 Å². The standard InChI is InChI=1S/C15H9Cl2NO3S/c16-11-4-5-14(17)15(8-11)22(20,21)13(9-18)7-10-2-1-3-12(19)6-10/h1-8,19H/b13-7+. The van der Waals surface area contributed by atoms with Gasteiger partial charge in [0.1, 0.15) is 16.7 Å². The summed E-state index contributed by atoms with van der Waals surface area (Å²) in [6.07, 6.45) is 1.16. The van der Waals surface area contributed by atoms with E-state index in [4.69, 9.17) is 23.2 Å². The molecule has 0 aliphatic carbocycles. The van der Waals surface area contributed by atoms with Gasteiger partial charge in [-0.15, -0.1) is 0 Å². The highest BCUT2D eigenvalue weighted by molar-refractivity contribution is 7.95. The zero-order chi connectivity index (χ0) is 16.3. The number of allylic oxidation sites excluding steroid dienone is 1. The molecule has 7 heteroatoms. The third-order valence-corrected chi connectivity index (χ3v) is 5.13. The number of benzene rings is 2. The predicted octanol–water partition coefficient (Wildman–Crippen LogP) is 4.04. The molecule has 0 aliphatic heterocycles. The van der Waals surface area contributed by atoms with Crippen molar-refractivity contribution in [2.75, 3.05) is 0 Å². The van der Waals surface area contributed by atoms with Gasteiger partial charge in [-0.25, -0.2) is 8.42 Å². The lowest BCUT2D eigenvalue weighted by atomic mass is 10.2. The Labute approximate surface area is 137 Å². The summed E-state index contributed by atoms with van der Waals surface area (Å²) < 4.78 is 25.1. The molecule has 4 nitrogen and oxygen atoms in total. The van der Waals surface area contributed by atoms with Gasteiger partial charge >= 0.3 is 0 Å². The molecule has 2 aromatic rings. The van der Waals surface area contributed by atoms with E-state index in [0.29, 0.717) is 5.56 Å². The molecule has 0 amide bonds. The van der Waals surface area contributed by atoms with Crippen LogP contribution in [-0.2, 0) is 9.84 Å². The average molecular weight is 354 g/mol. The number of hydrogen-bond acceptors (Lipinski definition) is 4. The fourth-order valence-corrected chi connectivity index (χ4v) is 3.65. The van der Waals surface area contributed by atoms with Gasteiger partial charge in [0.05, 0.1) is 9.92 Å². The van der Waals surface area contributed by atoms with Crippen molar-refractivity contribution in [2.45, 2.75) is 4.90 Å². The number of rotatable bonds is 3. The molecule has 0 radical (unpaired) electrons. The van der Waals surface area contributed by atoms with Gasteiger partial charge in [-0.3, -0.25) is 0 Å². The molecule has 2 aromatic carbocycles. The lowest BCUT2D eigenvalue weighted by molar-refractivity contribution is 0.475. The third-order valence-electron chi connectivity index (χ3n) is 2.75. The van der Waals surface area contributed by atoms with Crippen molar-refractivity contribution in [1.29, 1.82) is 5.26 Å². The third kappa shape index (κ3) is 3.42. The van der Waals surface area contributed by atoms with Crippen molar-refractivity contribution >= 4 is 39.1 Å². The Hall–Kier alpha value is -2.00. The van der Waals surface area contributed by atoms with Gasteiger partial charge in [-0.2, -0.15) is 5.26 Å². The molecule has 0 aliphatic rings. The van der Waals surface area contributed by atoms with Crippen molar-refractivity contribution < 1.29 is 13.5 Å². The highest BCUT2D eigenvalue weighted by Gasteiger charge is 2.24. The number of sulfone groups is 1. The van der Waals surface area contributed by atoms with E-state index in [1.165, 1.54) is 36.4 Å². The average Bonchev–Trinajstić information content (AvgIpc) is 2.47. The molecule has 0 saturated carbocycles. The van der Waals surface area contributed by atoms with Crippen LogP contribution in [0.4, 0.5) is 0 Å². The van der Waals surface area contributed by atoms with E-state index in [1.54, 1.807) is 12.1 Å². The Bertz CT molecular complexity index is 899. The smallest absolute Gasteiger partial charge is 0.218 e. The minimum Gasteiger partial charge on any atom is -0.508 e. The number of aromatic hydroxyl groups is 1. The second-order valence-corrected chi connectivity index (χ2v) is 7.02. The first kappa shape index (κ1) is 16.4. The minimum absolute atomic E-state index is 0.0264. The summed E-state index contributed by atoms with van der Waals surface area (Å²) in [5.41, 5.74) is 0.373. The first-order valence-electron chi connectivity index (χ1n) is 5.95. The quantitative estimate of drug-likeness (QED) is 0.844.